The fraction of sp³-hybridized carbons (Fsp3) is 0.200. The standard InChI is InChI=1S/C10H10F2N4/c1-5-14-6(2)16(15-5)9-4-7(11)3-8(12)10(9)13/h3-4H,13H2,1-2H3. The first-order valence-corrected chi connectivity index (χ1v) is 4.64. The van der Waals surface area contributed by atoms with Gasteiger partial charge in [0.05, 0.1) is 11.4 Å². The summed E-state index contributed by atoms with van der Waals surface area (Å²) in [6, 6.07) is 1.86. The second-order valence-electron chi connectivity index (χ2n) is 3.44. The maximum Gasteiger partial charge on any atom is 0.151 e. The molecule has 0 radical (unpaired) electrons. The molecule has 0 saturated carbocycles. The van der Waals surface area contributed by atoms with Gasteiger partial charge in [0.2, 0.25) is 0 Å². The largest absolute Gasteiger partial charge is 0.395 e. The first kappa shape index (κ1) is 10.5. The summed E-state index contributed by atoms with van der Waals surface area (Å²) in [5, 5.41) is 4.02. The zero-order valence-electron chi connectivity index (χ0n) is 8.83. The Labute approximate surface area is 90.7 Å². The monoisotopic (exact) mass is 224 g/mol. The molecule has 1 aromatic heterocycles. The van der Waals surface area contributed by atoms with Crippen LogP contribution in [-0.4, -0.2) is 14.8 Å². The van der Waals surface area contributed by atoms with Crippen molar-refractivity contribution in [1.29, 1.82) is 0 Å². The van der Waals surface area contributed by atoms with E-state index in [1.165, 1.54) is 4.68 Å². The quantitative estimate of drug-likeness (QED) is 0.751. The summed E-state index contributed by atoms with van der Waals surface area (Å²) >= 11 is 0. The van der Waals surface area contributed by atoms with Crippen LogP contribution in [0.15, 0.2) is 12.1 Å². The van der Waals surface area contributed by atoms with Gasteiger partial charge in [0.15, 0.2) is 5.82 Å². The van der Waals surface area contributed by atoms with Crippen molar-refractivity contribution in [3.05, 3.63) is 35.4 Å². The number of aryl methyl sites for hydroxylation is 2. The fourth-order valence-corrected chi connectivity index (χ4v) is 1.50. The summed E-state index contributed by atoms with van der Waals surface area (Å²) in [7, 11) is 0. The van der Waals surface area contributed by atoms with Crippen LogP contribution in [0, 0.1) is 25.5 Å². The molecule has 16 heavy (non-hydrogen) atoms. The molecule has 0 bridgehead atoms. The minimum absolute atomic E-state index is 0.144. The average molecular weight is 224 g/mol. The van der Waals surface area contributed by atoms with Crippen LogP contribution in [0.5, 0.6) is 0 Å². The molecule has 0 aliphatic rings. The van der Waals surface area contributed by atoms with Crippen molar-refractivity contribution in [2.24, 2.45) is 0 Å². The SMILES string of the molecule is Cc1nc(C)n(-c2cc(F)cc(F)c2N)n1. The smallest absolute Gasteiger partial charge is 0.151 e. The molecular weight excluding hydrogens is 214 g/mol. The van der Waals surface area contributed by atoms with Gasteiger partial charge in [0, 0.05) is 12.1 Å². The predicted octanol–water partition coefficient (Wildman–Crippen LogP) is 1.74. The Morgan fingerprint density at radius 1 is 1.25 bits per heavy atom. The number of hydrogen-bond donors (Lipinski definition) is 1. The molecule has 0 atom stereocenters. The number of halogens is 2. The van der Waals surface area contributed by atoms with E-state index in [1.807, 2.05) is 0 Å². The molecular formula is C10H10F2N4. The van der Waals surface area contributed by atoms with Crippen molar-refractivity contribution < 1.29 is 8.78 Å². The molecule has 1 heterocycles. The Balaban J connectivity index is 2.68. The maximum absolute atomic E-state index is 13.2. The third kappa shape index (κ3) is 1.62. The van der Waals surface area contributed by atoms with Crippen LogP contribution in [0.3, 0.4) is 0 Å². The van der Waals surface area contributed by atoms with Gasteiger partial charge in [-0.3, -0.25) is 0 Å². The van der Waals surface area contributed by atoms with E-state index in [1.54, 1.807) is 13.8 Å². The molecule has 84 valence electrons. The molecule has 0 aliphatic carbocycles. The van der Waals surface area contributed by atoms with E-state index in [9.17, 15) is 8.78 Å². The van der Waals surface area contributed by atoms with Gasteiger partial charge in [-0.1, -0.05) is 0 Å². The minimum Gasteiger partial charge on any atom is -0.395 e. The number of hydrogen-bond acceptors (Lipinski definition) is 3. The Bertz CT molecular complexity index is 548. The summed E-state index contributed by atoms with van der Waals surface area (Å²) in [5.41, 5.74) is 5.55. The summed E-state index contributed by atoms with van der Waals surface area (Å²) < 4.78 is 27.6. The highest BCUT2D eigenvalue weighted by molar-refractivity contribution is 5.58. The van der Waals surface area contributed by atoms with Crippen molar-refractivity contribution >= 4 is 5.69 Å². The lowest BCUT2D eigenvalue weighted by Crippen LogP contribution is -2.06. The summed E-state index contributed by atoms with van der Waals surface area (Å²) in [6.45, 7) is 3.37. The van der Waals surface area contributed by atoms with Gasteiger partial charge in [-0.15, -0.1) is 0 Å². The van der Waals surface area contributed by atoms with Crippen LogP contribution in [-0.2, 0) is 0 Å². The number of nitrogens with zero attached hydrogens (tertiary/aromatic N) is 3. The number of aromatic nitrogens is 3. The van der Waals surface area contributed by atoms with Crippen molar-refractivity contribution in [2.75, 3.05) is 5.73 Å². The molecule has 0 fully saturated rings. The molecule has 0 unspecified atom stereocenters. The van der Waals surface area contributed by atoms with Gasteiger partial charge in [0.25, 0.3) is 0 Å². The van der Waals surface area contributed by atoms with Crippen LogP contribution in [0.1, 0.15) is 11.6 Å². The summed E-state index contributed by atoms with van der Waals surface area (Å²) in [6.07, 6.45) is 0. The average Bonchev–Trinajstić information content (AvgIpc) is 2.51. The Kier molecular flexibility index (Phi) is 2.34. The molecule has 4 nitrogen and oxygen atoms in total. The van der Waals surface area contributed by atoms with E-state index >= 15 is 0 Å². The summed E-state index contributed by atoms with van der Waals surface area (Å²) in [5.74, 6) is -0.465. The molecule has 2 N–H and O–H groups in total. The minimum atomic E-state index is -0.803. The number of anilines is 1. The number of benzene rings is 1. The van der Waals surface area contributed by atoms with E-state index in [4.69, 9.17) is 5.73 Å². The van der Waals surface area contributed by atoms with Crippen molar-refractivity contribution in [1.82, 2.24) is 14.8 Å². The van der Waals surface area contributed by atoms with Gasteiger partial charge in [-0.25, -0.2) is 18.4 Å². The first-order chi connectivity index (χ1) is 7.49. The van der Waals surface area contributed by atoms with Crippen molar-refractivity contribution in [2.45, 2.75) is 13.8 Å². The highest BCUT2D eigenvalue weighted by Crippen LogP contribution is 2.22. The van der Waals surface area contributed by atoms with E-state index in [0.29, 0.717) is 11.6 Å². The van der Waals surface area contributed by atoms with E-state index < -0.39 is 11.6 Å². The number of nitrogen functional groups attached to an aromatic ring is 1. The molecule has 0 amide bonds. The van der Waals surface area contributed by atoms with Crippen molar-refractivity contribution in [3.63, 3.8) is 0 Å². The topological polar surface area (TPSA) is 56.7 Å². The van der Waals surface area contributed by atoms with Gasteiger partial charge < -0.3 is 5.73 Å². The second-order valence-corrected chi connectivity index (χ2v) is 3.44. The second kappa shape index (κ2) is 3.55. The third-order valence-electron chi connectivity index (χ3n) is 2.18. The normalized spacial score (nSPS) is 10.8. The summed E-state index contributed by atoms with van der Waals surface area (Å²) in [4.78, 5) is 4.04. The van der Waals surface area contributed by atoms with E-state index in [0.717, 1.165) is 12.1 Å². The molecule has 6 heteroatoms. The highest BCUT2D eigenvalue weighted by Gasteiger charge is 2.13. The van der Waals surface area contributed by atoms with Gasteiger partial charge in [-0.2, -0.15) is 5.10 Å². The number of nitrogens with two attached hydrogens (primary N) is 1. The Morgan fingerprint density at radius 3 is 2.50 bits per heavy atom. The van der Waals surface area contributed by atoms with Gasteiger partial charge in [0.1, 0.15) is 17.5 Å². The predicted molar refractivity (Wildman–Crippen MR) is 55.2 cm³/mol. The molecule has 2 rings (SSSR count). The fourth-order valence-electron chi connectivity index (χ4n) is 1.50. The number of rotatable bonds is 1. The van der Waals surface area contributed by atoms with Crippen LogP contribution < -0.4 is 5.73 Å². The van der Waals surface area contributed by atoms with Crippen LogP contribution in [0.25, 0.3) is 5.69 Å². The molecule has 1 aromatic carbocycles. The third-order valence-corrected chi connectivity index (χ3v) is 2.18. The van der Waals surface area contributed by atoms with Crippen LogP contribution >= 0.6 is 0 Å². The van der Waals surface area contributed by atoms with E-state index in [-0.39, 0.29) is 11.4 Å². The lowest BCUT2D eigenvalue weighted by atomic mass is 10.2. The molecule has 2 aromatic rings. The van der Waals surface area contributed by atoms with E-state index in [2.05, 4.69) is 10.1 Å². The molecule has 0 aliphatic heterocycles. The Hall–Kier alpha value is -1.98. The lowest BCUT2D eigenvalue weighted by molar-refractivity contribution is 0.583. The maximum atomic E-state index is 13.2. The molecule has 0 saturated heterocycles. The van der Waals surface area contributed by atoms with Crippen LogP contribution in [0.4, 0.5) is 14.5 Å². The molecule has 0 spiro atoms. The highest BCUT2D eigenvalue weighted by atomic mass is 19.1. The van der Waals surface area contributed by atoms with Crippen LogP contribution in [0.2, 0.25) is 0 Å². The zero-order valence-corrected chi connectivity index (χ0v) is 8.83. The van der Waals surface area contributed by atoms with Gasteiger partial charge >= 0.3 is 0 Å². The first-order valence-electron chi connectivity index (χ1n) is 4.64. The van der Waals surface area contributed by atoms with Crippen molar-refractivity contribution in [3.8, 4) is 5.69 Å². The van der Waals surface area contributed by atoms with Gasteiger partial charge in [-0.05, 0) is 13.8 Å². The lowest BCUT2D eigenvalue weighted by Gasteiger charge is -2.07. The Morgan fingerprint density at radius 2 is 1.94 bits per heavy atom. The zero-order chi connectivity index (χ0) is 11.9.